The highest BCUT2D eigenvalue weighted by molar-refractivity contribution is 5.87. The molecule has 20 nitrogen and oxygen atoms in total. The molecule has 3 aliphatic heterocycles. The molecule has 3 aliphatic rings. The van der Waals surface area contributed by atoms with Gasteiger partial charge in [-0.15, -0.1) is 0 Å². The number of esters is 1. The Labute approximate surface area is 319 Å². The minimum atomic E-state index is -1.94. The predicted octanol–water partition coefficient (Wildman–Crippen LogP) is -2.89. The summed E-state index contributed by atoms with van der Waals surface area (Å²) in [7, 11) is 1.36. The zero-order valence-corrected chi connectivity index (χ0v) is 30.2. The van der Waals surface area contributed by atoms with E-state index < -0.39 is 111 Å². The number of aliphatic hydroxyl groups excluding tert-OH is 8. The molecule has 0 aromatic heterocycles. The predicted molar refractivity (Wildman–Crippen MR) is 185 cm³/mol. The van der Waals surface area contributed by atoms with Gasteiger partial charge in [-0.3, -0.25) is 0 Å². The Morgan fingerprint density at radius 3 is 2.05 bits per heavy atom. The third-order valence-corrected chi connectivity index (χ3v) is 9.59. The van der Waals surface area contributed by atoms with Gasteiger partial charge in [0.15, 0.2) is 48.0 Å². The highest BCUT2D eigenvalue weighted by atomic mass is 16.8. The summed E-state index contributed by atoms with van der Waals surface area (Å²) in [6.07, 6.45) is -22.8. The number of rotatable bonds is 14. The van der Waals surface area contributed by atoms with Crippen LogP contribution in [-0.4, -0.2) is 181 Å². The number of benzene rings is 2. The van der Waals surface area contributed by atoms with Crippen LogP contribution in [0.15, 0.2) is 42.5 Å². The molecular formula is C36H48O20. The first-order valence-corrected chi connectivity index (χ1v) is 17.6. The molecule has 15 atom stereocenters. The first-order chi connectivity index (χ1) is 26.7. The highest BCUT2D eigenvalue weighted by Gasteiger charge is 2.54. The molecule has 0 bridgehead atoms. The van der Waals surface area contributed by atoms with E-state index in [1.807, 2.05) is 0 Å². The fourth-order valence-electron chi connectivity index (χ4n) is 6.39. The van der Waals surface area contributed by atoms with E-state index in [1.54, 1.807) is 0 Å². The maximum Gasteiger partial charge on any atom is 0.331 e. The summed E-state index contributed by atoms with van der Waals surface area (Å²) < 4.78 is 45.4. The number of hydrogen-bond donors (Lipinski definition) is 11. The fraction of sp³-hybridized carbons (Fsp3) is 0.583. The zero-order valence-electron chi connectivity index (χ0n) is 30.2. The lowest BCUT2D eigenvalue weighted by atomic mass is 9.96. The van der Waals surface area contributed by atoms with Gasteiger partial charge in [0.1, 0.15) is 61.0 Å². The summed E-state index contributed by atoms with van der Waals surface area (Å²) >= 11 is 0. The van der Waals surface area contributed by atoms with Crippen LogP contribution in [0.4, 0.5) is 0 Å². The Morgan fingerprint density at radius 2 is 1.39 bits per heavy atom. The SMILES string of the molecule is COc1ccc(C=CC(=O)OC2C(CO)OC(OCCc3ccc(O)c(O)c3)C(O)C2OC2OC(C)C(O)C(O)C2OC2OC(CO)C(O)C(O)C2O)cc1O. The number of phenolic OH excluding ortho intramolecular Hbond substituents is 3. The quantitative estimate of drug-likeness (QED) is 0.0519. The number of carbonyl (C=O) groups excluding carboxylic acids is 1. The lowest BCUT2D eigenvalue weighted by Gasteiger charge is -2.48. The number of carbonyl (C=O) groups is 1. The van der Waals surface area contributed by atoms with Crippen LogP contribution < -0.4 is 4.74 Å². The van der Waals surface area contributed by atoms with Crippen LogP contribution >= 0.6 is 0 Å². The zero-order chi connectivity index (χ0) is 40.8. The molecule has 2 aromatic rings. The van der Waals surface area contributed by atoms with Gasteiger partial charge in [-0.05, 0) is 54.8 Å². The molecule has 0 radical (unpaired) electrons. The Kier molecular flexibility index (Phi) is 14.9. The average molecular weight is 801 g/mol. The van der Waals surface area contributed by atoms with E-state index in [0.717, 1.165) is 6.08 Å². The van der Waals surface area contributed by atoms with E-state index in [4.69, 9.17) is 37.9 Å². The second-order valence-corrected chi connectivity index (χ2v) is 13.4. The van der Waals surface area contributed by atoms with Crippen molar-refractivity contribution in [3.05, 3.63) is 53.6 Å². The van der Waals surface area contributed by atoms with Crippen molar-refractivity contribution >= 4 is 12.0 Å². The molecule has 2 aromatic carbocycles. The first-order valence-electron chi connectivity index (χ1n) is 17.6. The molecule has 3 heterocycles. The van der Waals surface area contributed by atoms with Crippen LogP contribution in [0.3, 0.4) is 0 Å². The van der Waals surface area contributed by atoms with E-state index in [0.29, 0.717) is 11.1 Å². The van der Waals surface area contributed by atoms with Gasteiger partial charge >= 0.3 is 5.97 Å². The molecular weight excluding hydrogens is 752 g/mol. The summed E-state index contributed by atoms with van der Waals surface area (Å²) in [5.74, 6) is -1.75. The minimum Gasteiger partial charge on any atom is -0.504 e. The van der Waals surface area contributed by atoms with Crippen molar-refractivity contribution in [2.75, 3.05) is 26.9 Å². The van der Waals surface area contributed by atoms with Crippen molar-refractivity contribution < 1.29 is 98.9 Å². The molecule has 0 amide bonds. The molecule has 3 saturated heterocycles. The maximum atomic E-state index is 13.2. The summed E-state index contributed by atoms with van der Waals surface area (Å²) in [5, 5.41) is 114. The second-order valence-electron chi connectivity index (χ2n) is 13.4. The average Bonchev–Trinajstić information content (AvgIpc) is 3.18. The van der Waals surface area contributed by atoms with Gasteiger partial charge in [0.25, 0.3) is 0 Å². The van der Waals surface area contributed by atoms with E-state index in [9.17, 15) is 61.0 Å². The highest BCUT2D eigenvalue weighted by Crippen LogP contribution is 2.35. The van der Waals surface area contributed by atoms with Crippen molar-refractivity contribution in [2.45, 2.75) is 105 Å². The van der Waals surface area contributed by atoms with Crippen molar-refractivity contribution in [2.24, 2.45) is 0 Å². The number of methoxy groups -OCH3 is 1. The maximum absolute atomic E-state index is 13.2. The smallest absolute Gasteiger partial charge is 0.331 e. The molecule has 11 N–H and O–H groups in total. The fourth-order valence-corrected chi connectivity index (χ4v) is 6.39. The molecule has 5 rings (SSSR count). The van der Waals surface area contributed by atoms with E-state index in [2.05, 4.69) is 0 Å². The Morgan fingerprint density at radius 1 is 0.696 bits per heavy atom. The number of ether oxygens (including phenoxy) is 8. The Bertz CT molecular complexity index is 1620. The molecule has 56 heavy (non-hydrogen) atoms. The van der Waals surface area contributed by atoms with Crippen molar-refractivity contribution in [3.63, 3.8) is 0 Å². The van der Waals surface area contributed by atoms with Gasteiger partial charge in [0, 0.05) is 6.08 Å². The van der Waals surface area contributed by atoms with Crippen LogP contribution in [0.1, 0.15) is 18.1 Å². The Hall–Kier alpha value is -3.71. The number of phenols is 3. The topological polar surface area (TPSA) is 313 Å². The summed E-state index contributed by atoms with van der Waals surface area (Å²) in [6, 6.07) is 8.40. The second kappa shape index (κ2) is 19.2. The van der Waals surface area contributed by atoms with Crippen molar-refractivity contribution in [1.82, 2.24) is 0 Å². The van der Waals surface area contributed by atoms with Gasteiger partial charge in [-0.1, -0.05) is 12.1 Å². The van der Waals surface area contributed by atoms with Crippen molar-refractivity contribution in [1.29, 1.82) is 0 Å². The molecule has 0 saturated carbocycles. The molecule has 15 unspecified atom stereocenters. The van der Waals surface area contributed by atoms with E-state index in [1.165, 1.54) is 56.5 Å². The van der Waals surface area contributed by atoms with Crippen LogP contribution in [0.25, 0.3) is 6.08 Å². The largest absolute Gasteiger partial charge is 0.504 e. The van der Waals surface area contributed by atoms with Gasteiger partial charge in [0.2, 0.25) is 0 Å². The third kappa shape index (κ3) is 9.86. The number of aromatic hydroxyl groups is 3. The van der Waals surface area contributed by atoms with E-state index >= 15 is 0 Å². The van der Waals surface area contributed by atoms with Gasteiger partial charge in [-0.25, -0.2) is 4.79 Å². The normalized spacial score (nSPS) is 36.4. The third-order valence-electron chi connectivity index (χ3n) is 9.59. The first kappa shape index (κ1) is 43.4. The molecule has 312 valence electrons. The molecule has 20 heteroatoms. The van der Waals surface area contributed by atoms with Crippen LogP contribution in [-0.2, 0) is 44.4 Å². The lowest BCUT2D eigenvalue weighted by molar-refractivity contribution is -0.386. The lowest BCUT2D eigenvalue weighted by Crippen LogP contribution is -2.66. The van der Waals surface area contributed by atoms with Crippen LogP contribution in [0.2, 0.25) is 0 Å². The van der Waals surface area contributed by atoms with Gasteiger partial charge in [-0.2, -0.15) is 0 Å². The van der Waals surface area contributed by atoms with E-state index in [-0.39, 0.29) is 36.0 Å². The molecule has 3 fully saturated rings. The van der Waals surface area contributed by atoms with Crippen LogP contribution in [0.5, 0.6) is 23.0 Å². The summed E-state index contributed by atoms with van der Waals surface area (Å²) in [5.41, 5.74) is 0.902. The van der Waals surface area contributed by atoms with Crippen molar-refractivity contribution in [3.8, 4) is 23.0 Å². The minimum absolute atomic E-state index is 0.141. The van der Waals surface area contributed by atoms with Crippen LogP contribution in [0, 0.1) is 0 Å². The summed E-state index contributed by atoms with van der Waals surface area (Å²) in [6.45, 7) is -0.400. The monoisotopic (exact) mass is 800 g/mol. The van der Waals surface area contributed by atoms with Gasteiger partial charge < -0.3 is 94.1 Å². The number of aliphatic hydroxyl groups is 8. The van der Waals surface area contributed by atoms with Gasteiger partial charge in [0.05, 0.1) is 33.0 Å². The molecule has 0 aliphatic carbocycles. The summed E-state index contributed by atoms with van der Waals surface area (Å²) in [4.78, 5) is 13.2. The molecule has 0 spiro atoms. The Balaban J connectivity index is 1.41. The number of hydrogen-bond acceptors (Lipinski definition) is 20. The standard InChI is InChI=1S/C36H48O20/c1-15-25(43)28(46)33(56-35-29(47)27(45)26(44)22(13-37)52-35)36(51-15)55-32-30(48)34(50-10-9-17-3-6-18(39)19(40)11-17)53-23(14-38)31(32)54-24(42)8-5-16-4-7-21(49-2)20(41)12-16/h3-8,11-12,15,22-23,25-41,43-48H,9-10,13-14H2,1-2H3.